The molecule has 0 aliphatic carbocycles. The van der Waals surface area contributed by atoms with Gasteiger partial charge in [-0.05, 0) is 11.6 Å². The zero-order valence-electron chi connectivity index (χ0n) is 15.2. The van der Waals surface area contributed by atoms with Crippen LogP contribution in [0.3, 0.4) is 0 Å². The summed E-state index contributed by atoms with van der Waals surface area (Å²) in [4.78, 5) is 7.06. The minimum Gasteiger partial charge on any atom is -0.327 e. The minimum absolute atomic E-state index is 0.0223. The van der Waals surface area contributed by atoms with Crippen molar-refractivity contribution in [3.05, 3.63) is 65.7 Å². The molecule has 26 heavy (non-hydrogen) atoms. The van der Waals surface area contributed by atoms with Gasteiger partial charge in [0.25, 0.3) is 0 Å². The summed E-state index contributed by atoms with van der Waals surface area (Å²) in [6.45, 7) is 5.82. The second-order valence-electron chi connectivity index (χ2n) is 7.90. The smallest absolute Gasteiger partial charge is 0.210 e. The maximum atomic E-state index is 12.4. The molecule has 0 radical (unpaired) electrons. The minimum atomic E-state index is -3.49. The number of benzene rings is 2. The molecule has 1 unspecified atom stereocenters. The van der Waals surface area contributed by atoms with Crippen LogP contribution >= 0.6 is 0 Å². The molecule has 0 spiro atoms. The lowest BCUT2D eigenvalue weighted by molar-refractivity contribution is 0.378. The molecule has 1 N–H and O–H groups in total. The van der Waals surface area contributed by atoms with Crippen molar-refractivity contribution in [3.63, 3.8) is 0 Å². The van der Waals surface area contributed by atoms with Crippen LogP contribution in [0.4, 0.5) is 5.69 Å². The van der Waals surface area contributed by atoms with E-state index in [-0.39, 0.29) is 5.41 Å². The van der Waals surface area contributed by atoms with E-state index in [2.05, 4.69) is 23.5 Å². The van der Waals surface area contributed by atoms with Gasteiger partial charge in [-0.2, -0.15) is 4.72 Å². The van der Waals surface area contributed by atoms with Gasteiger partial charge >= 0.3 is 0 Å². The predicted octanol–water partition coefficient (Wildman–Crippen LogP) is 2.74. The average molecular weight is 369 g/mol. The summed E-state index contributed by atoms with van der Waals surface area (Å²) >= 11 is 0. The molecule has 0 fully saturated rings. The first-order valence-electron chi connectivity index (χ1n) is 8.69. The van der Waals surface area contributed by atoms with E-state index in [0.717, 1.165) is 29.2 Å². The number of rotatable bonds is 3. The van der Waals surface area contributed by atoms with Crippen molar-refractivity contribution in [3.8, 4) is 0 Å². The Bertz CT molecular complexity index is 983. The maximum Gasteiger partial charge on any atom is 0.210 e. The van der Waals surface area contributed by atoms with Crippen LogP contribution in [0, 0.1) is 5.41 Å². The molecule has 0 bridgehead atoms. The average Bonchev–Trinajstić information content (AvgIpc) is 2.84. The van der Waals surface area contributed by atoms with E-state index in [1.807, 2.05) is 54.6 Å². The highest BCUT2D eigenvalue weighted by Crippen LogP contribution is 2.48. The molecule has 5 nitrogen and oxygen atoms in total. The zero-order valence-corrected chi connectivity index (χ0v) is 16.0. The van der Waals surface area contributed by atoms with Crippen LogP contribution in [0.1, 0.15) is 25.0 Å². The number of fused-ring (bicyclic) bond motifs is 3. The molecule has 2 heterocycles. The van der Waals surface area contributed by atoms with Crippen molar-refractivity contribution in [2.75, 3.05) is 24.2 Å². The molecule has 0 aromatic heterocycles. The number of hydrogen-bond acceptors (Lipinski definition) is 4. The Morgan fingerprint density at radius 3 is 2.38 bits per heavy atom. The number of anilines is 1. The maximum absolute atomic E-state index is 12.4. The van der Waals surface area contributed by atoms with Gasteiger partial charge in [-0.15, -0.1) is 0 Å². The molecular weight excluding hydrogens is 346 g/mol. The van der Waals surface area contributed by atoms with E-state index in [0.29, 0.717) is 6.54 Å². The summed E-state index contributed by atoms with van der Waals surface area (Å²) in [5.41, 5.74) is 1.84. The highest BCUT2D eigenvalue weighted by Gasteiger charge is 2.53. The summed E-state index contributed by atoms with van der Waals surface area (Å²) < 4.78 is 27.7. The van der Waals surface area contributed by atoms with Gasteiger partial charge in [-0.3, -0.25) is 4.99 Å². The van der Waals surface area contributed by atoms with Crippen LogP contribution in [0.2, 0.25) is 0 Å². The third-order valence-electron chi connectivity index (χ3n) is 4.98. The highest BCUT2D eigenvalue weighted by molar-refractivity contribution is 7.88. The molecular formula is C20H23N3O2S. The molecule has 0 saturated carbocycles. The van der Waals surface area contributed by atoms with Gasteiger partial charge in [0.05, 0.1) is 6.26 Å². The fraction of sp³-hybridized carbons (Fsp3) is 0.350. The van der Waals surface area contributed by atoms with Crippen molar-refractivity contribution >= 4 is 21.5 Å². The predicted molar refractivity (Wildman–Crippen MR) is 105 cm³/mol. The summed E-state index contributed by atoms with van der Waals surface area (Å²) in [5.74, 6) is 0.759. The Labute approximate surface area is 154 Å². The number of nitrogens with one attached hydrogen (secondary N) is 1. The molecule has 0 saturated heterocycles. The second kappa shape index (κ2) is 5.66. The van der Waals surface area contributed by atoms with E-state index in [9.17, 15) is 8.42 Å². The summed E-state index contributed by atoms with van der Waals surface area (Å²) in [6, 6.07) is 17.7. The van der Waals surface area contributed by atoms with Crippen molar-refractivity contribution in [1.82, 2.24) is 4.72 Å². The van der Waals surface area contributed by atoms with Crippen molar-refractivity contribution < 1.29 is 8.42 Å². The lowest BCUT2D eigenvalue weighted by Gasteiger charge is -2.39. The van der Waals surface area contributed by atoms with Gasteiger partial charge in [0.1, 0.15) is 11.4 Å². The summed E-state index contributed by atoms with van der Waals surface area (Å²) in [5, 5.41) is 0. The standard InChI is InChI=1S/C20H23N3O2S/c1-19(2)13-21-18-20(22-26(3,24)25,15-9-5-4-6-10-15)16-11-7-8-12-17(16)23(18)14-19/h4-12,22H,13-14H2,1-3H3. The van der Waals surface area contributed by atoms with E-state index in [1.165, 1.54) is 6.26 Å². The molecule has 2 aromatic carbocycles. The molecule has 0 amide bonds. The van der Waals surface area contributed by atoms with Crippen molar-refractivity contribution in [2.45, 2.75) is 19.4 Å². The molecule has 136 valence electrons. The third kappa shape index (κ3) is 2.64. The zero-order chi connectivity index (χ0) is 18.6. The summed E-state index contributed by atoms with van der Waals surface area (Å²) in [7, 11) is -3.49. The number of nitrogens with zero attached hydrogens (tertiary/aromatic N) is 2. The van der Waals surface area contributed by atoms with Gasteiger partial charge < -0.3 is 4.90 Å². The Morgan fingerprint density at radius 1 is 1.04 bits per heavy atom. The van der Waals surface area contributed by atoms with Crippen LogP contribution in [0.5, 0.6) is 0 Å². The topological polar surface area (TPSA) is 61.8 Å². The Hall–Kier alpha value is -2.18. The van der Waals surface area contributed by atoms with E-state index < -0.39 is 15.6 Å². The molecule has 1 atom stereocenters. The van der Waals surface area contributed by atoms with Gasteiger partial charge in [0, 0.05) is 29.8 Å². The SMILES string of the molecule is CC1(C)CN=C2N(C1)c1ccccc1C2(NS(C)(=O)=O)c1ccccc1. The van der Waals surface area contributed by atoms with Gasteiger partial charge in [0.2, 0.25) is 10.0 Å². The number of amidine groups is 1. The molecule has 4 rings (SSSR count). The van der Waals surface area contributed by atoms with E-state index in [1.54, 1.807) is 0 Å². The van der Waals surface area contributed by atoms with Crippen LogP contribution in [-0.2, 0) is 15.6 Å². The summed E-state index contributed by atoms with van der Waals surface area (Å²) in [6.07, 6.45) is 1.20. The lowest BCUT2D eigenvalue weighted by atomic mass is 9.83. The second-order valence-corrected chi connectivity index (χ2v) is 9.65. The lowest BCUT2D eigenvalue weighted by Crippen LogP contribution is -2.56. The van der Waals surface area contributed by atoms with E-state index in [4.69, 9.17) is 4.99 Å². The first kappa shape index (κ1) is 17.2. The van der Waals surface area contributed by atoms with Gasteiger partial charge in [-0.25, -0.2) is 8.42 Å². The molecule has 2 aromatic rings. The van der Waals surface area contributed by atoms with Crippen LogP contribution in [0.15, 0.2) is 59.6 Å². The molecule has 6 heteroatoms. The van der Waals surface area contributed by atoms with Crippen LogP contribution in [0.25, 0.3) is 0 Å². The fourth-order valence-electron chi connectivity index (χ4n) is 4.00. The number of sulfonamides is 1. The molecule has 2 aliphatic rings. The normalized spacial score (nSPS) is 24.0. The quantitative estimate of drug-likeness (QED) is 0.905. The third-order valence-corrected chi connectivity index (χ3v) is 5.66. The number of para-hydroxylation sites is 1. The van der Waals surface area contributed by atoms with Crippen molar-refractivity contribution in [1.29, 1.82) is 0 Å². The Morgan fingerprint density at radius 2 is 1.69 bits per heavy atom. The largest absolute Gasteiger partial charge is 0.327 e. The fourth-order valence-corrected chi connectivity index (χ4v) is 4.88. The monoisotopic (exact) mass is 369 g/mol. The highest BCUT2D eigenvalue weighted by atomic mass is 32.2. The first-order chi connectivity index (χ1) is 12.2. The first-order valence-corrected chi connectivity index (χ1v) is 10.6. The van der Waals surface area contributed by atoms with Crippen molar-refractivity contribution in [2.24, 2.45) is 10.4 Å². The Kier molecular flexibility index (Phi) is 3.75. The van der Waals surface area contributed by atoms with Crippen LogP contribution in [-0.4, -0.2) is 33.6 Å². The van der Waals surface area contributed by atoms with Crippen LogP contribution < -0.4 is 9.62 Å². The molecule has 2 aliphatic heterocycles. The number of hydrogen-bond donors (Lipinski definition) is 1. The number of aliphatic imine (C=N–C) groups is 1. The van der Waals surface area contributed by atoms with E-state index >= 15 is 0 Å². The van der Waals surface area contributed by atoms with Gasteiger partial charge in [0.15, 0.2) is 0 Å². The Balaban J connectivity index is 2.05. The van der Waals surface area contributed by atoms with Gasteiger partial charge in [-0.1, -0.05) is 62.4 Å².